The summed E-state index contributed by atoms with van der Waals surface area (Å²) in [5.74, 6) is 0.846. The van der Waals surface area contributed by atoms with Crippen molar-refractivity contribution in [3.05, 3.63) is 48.5 Å². The predicted molar refractivity (Wildman–Crippen MR) is 126 cm³/mol. The van der Waals surface area contributed by atoms with Crippen molar-refractivity contribution in [1.29, 1.82) is 0 Å². The average molecular weight is 433 g/mol. The Hall–Kier alpha value is -3.23. The summed E-state index contributed by atoms with van der Waals surface area (Å²) in [6.45, 7) is 5.48. The standard InChI is InChI=1S/C24H28N6O2/c1-16-9-22-20(10-23(16)31-4)19(5-6-25-22)21-12-27-30-13-17(11-26-24(21)30)29-14-18(15-29)32-8-7-28(2)3/h5-6,9-13,18H,7-8,14-15H2,1-4H3. The van der Waals surface area contributed by atoms with Gasteiger partial charge in [0.25, 0.3) is 0 Å². The second kappa shape index (κ2) is 8.37. The Kier molecular flexibility index (Phi) is 5.40. The molecule has 0 atom stereocenters. The minimum atomic E-state index is 0.278. The van der Waals surface area contributed by atoms with Gasteiger partial charge in [-0.05, 0) is 50.3 Å². The normalized spacial score (nSPS) is 14.5. The lowest BCUT2D eigenvalue weighted by molar-refractivity contribution is 0.0268. The van der Waals surface area contributed by atoms with E-state index in [0.29, 0.717) is 0 Å². The fourth-order valence-corrected chi connectivity index (χ4v) is 4.11. The molecule has 0 saturated carbocycles. The maximum Gasteiger partial charge on any atom is 0.162 e. The lowest BCUT2D eigenvalue weighted by Crippen LogP contribution is -2.53. The zero-order valence-electron chi connectivity index (χ0n) is 18.9. The number of benzene rings is 1. The van der Waals surface area contributed by atoms with Gasteiger partial charge >= 0.3 is 0 Å². The summed E-state index contributed by atoms with van der Waals surface area (Å²) in [6.07, 6.45) is 7.94. The number of anilines is 1. The summed E-state index contributed by atoms with van der Waals surface area (Å²) in [7, 11) is 5.81. The number of rotatable bonds is 7. The fourth-order valence-electron chi connectivity index (χ4n) is 4.11. The SMILES string of the molecule is COc1cc2c(-c3cnn4cc(N5CC(OCCN(C)C)C5)cnc34)ccnc2cc1C. The third-order valence-electron chi connectivity index (χ3n) is 6.00. The van der Waals surface area contributed by atoms with Gasteiger partial charge in [-0.3, -0.25) is 4.98 Å². The van der Waals surface area contributed by atoms with Crippen LogP contribution in [0.5, 0.6) is 5.75 Å². The molecule has 1 aliphatic heterocycles. The van der Waals surface area contributed by atoms with Gasteiger partial charge in [-0.15, -0.1) is 0 Å². The van der Waals surface area contributed by atoms with Crippen LogP contribution in [0.25, 0.3) is 27.7 Å². The lowest BCUT2D eigenvalue weighted by atomic mass is 10.0. The van der Waals surface area contributed by atoms with Gasteiger partial charge in [-0.25, -0.2) is 9.50 Å². The highest BCUT2D eigenvalue weighted by Crippen LogP contribution is 2.34. The molecule has 0 bridgehead atoms. The van der Waals surface area contributed by atoms with Crippen molar-refractivity contribution in [3.8, 4) is 16.9 Å². The largest absolute Gasteiger partial charge is 0.496 e. The molecule has 3 aromatic heterocycles. The van der Waals surface area contributed by atoms with E-state index in [9.17, 15) is 0 Å². The van der Waals surface area contributed by atoms with E-state index < -0.39 is 0 Å². The van der Waals surface area contributed by atoms with E-state index in [1.807, 2.05) is 48.4 Å². The highest BCUT2D eigenvalue weighted by Gasteiger charge is 2.28. The second-order valence-corrected chi connectivity index (χ2v) is 8.54. The van der Waals surface area contributed by atoms with Crippen LogP contribution in [0.2, 0.25) is 0 Å². The molecule has 8 nitrogen and oxygen atoms in total. The van der Waals surface area contributed by atoms with Crippen LogP contribution >= 0.6 is 0 Å². The Morgan fingerprint density at radius 3 is 2.75 bits per heavy atom. The lowest BCUT2D eigenvalue weighted by Gasteiger charge is -2.40. The fraction of sp³-hybridized carbons (Fsp3) is 0.375. The summed E-state index contributed by atoms with van der Waals surface area (Å²) in [5, 5.41) is 5.61. The number of likely N-dealkylation sites (N-methyl/N-ethyl adjacent to an activating group) is 1. The van der Waals surface area contributed by atoms with E-state index in [0.717, 1.165) is 70.9 Å². The van der Waals surface area contributed by atoms with E-state index >= 15 is 0 Å². The third kappa shape index (κ3) is 3.76. The van der Waals surface area contributed by atoms with Crippen LogP contribution in [-0.4, -0.2) is 78.0 Å². The zero-order chi connectivity index (χ0) is 22.2. The van der Waals surface area contributed by atoms with Crippen molar-refractivity contribution in [2.45, 2.75) is 13.0 Å². The van der Waals surface area contributed by atoms with Crippen molar-refractivity contribution in [2.75, 3.05) is 52.3 Å². The summed E-state index contributed by atoms with van der Waals surface area (Å²) in [4.78, 5) is 13.7. The molecule has 8 heteroatoms. The summed E-state index contributed by atoms with van der Waals surface area (Å²) in [5.41, 5.74) is 5.88. The predicted octanol–water partition coefficient (Wildman–Crippen LogP) is 3.03. The van der Waals surface area contributed by atoms with E-state index in [1.165, 1.54) is 0 Å². The van der Waals surface area contributed by atoms with E-state index in [1.54, 1.807) is 7.11 Å². The molecule has 1 aromatic carbocycles. The molecule has 1 fully saturated rings. The van der Waals surface area contributed by atoms with Gasteiger partial charge in [0, 0.05) is 36.8 Å². The van der Waals surface area contributed by atoms with Crippen molar-refractivity contribution < 1.29 is 9.47 Å². The number of hydrogen-bond donors (Lipinski definition) is 0. The Morgan fingerprint density at radius 1 is 1.12 bits per heavy atom. The zero-order valence-corrected chi connectivity index (χ0v) is 18.9. The van der Waals surface area contributed by atoms with Crippen molar-refractivity contribution in [2.24, 2.45) is 0 Å². The monoisotopic (exact) mass is 432 g/mol. The van der Waals surface area contributed by atoms with Crippen LogP contribution in [0, 0.1) is 6.92 Å². The molecule has 0 aliphatic carbocycles. The van der Waals surface area contributed by atoms with Crippen LogP contribution in [0.3, 0.4) is 0 Å². The van der Waals surface area contributed by atoms with Gasteiger partial charge in [-0.1, -0.05) is 0 Å². The number of ether oxygens (including phenoxy) is 2. The third-order valence-corrected chi connectivity index (χ3v) is 6.00. The summed E-state index contributed by atoms with van der Waals surface area (Å²) >= 11 is 0. The van der Waals surface area contributed by atoms with Crippen LogP contribution in [0.4, 0.5) is 5.69 Å². The molecule has 0 spiro atoms. The van der Waals surface area contributed by atoms with Crippen LogP contribution < -0.4 is 9.64 Å². The average Bonchev–Trinajstić information content (AvgIpc) is 3.17. The topological polar surface area (TPSA) is 68.0 Å². The van der Waals surface area contributed by atoms with E-state index in [-0.39, 0.29) is 6.10 Å². The number of hydrogen-bond acceptors (Lipinski definition) is 7. The molecule has 0 unspecified atom stereocenters. The maximum absolute atomic E-state index is 5.92. The van der Waals surface area contributed by atoms with Gasteiger partial charge in [-0.2, -0.15) is 5.10 Å². The van der Waals surface area contributed by atoms with Gasteiger partial charge < -0.3 is 19.3 Å². The summed E-state index contributed by atoms with van der Waals surface area (Å²) < 4.78 is 13.3. The Morgan fingerprint density at radius 2 is 1.97 bits per heavy atom. The molecular weight excluding hydrogens is 404 g/mol. The number of aromatic nitrogens is 4. The van der Waals surface area contributed by atoms with Gasteiger partial charge in [0.2, 0.25) is 0 Å². The first-order valence-electron chi connectivity index (χ1n) is 10.8. The molecule has 4 aromatic rings. The number of methoxy groups -OCH3 is 1. The number of nitrogens with zero attached hydrogens (tertiary/aromatic N) is 6. The minimum absolute atomic E-state index is 0.278. The molecule has 0 amide bonds. The van der Waals surface area contributed by atoms with Crippen molar-refractivity contribution in [1.82, 2.24) is 24.5 Å². The van der Waals surface area contributed by atoms with E-state index in [2.05, 4.69) is 40.0 Å². The van der Waals surface area contributed by atoms with Gasteiger partial charge in [0.05, 0.1) is 49.6 Å². The molecule has 166 valence electrons. The second-order valence-electron chi connectivity index (χ2n) is 8.54. The molecule has 1 saturated heterocycles. The van der Waals surface area contributed by atoms with Crippen LogP contribution in [0.15, 0.2) is 43.0 Å². The molecule has 32 heavy (non-hydrogen) atoms. The quantitative estimate of drug-likeness (QED) is 0.445. The summed E-state index contributed by atoms with van der Waals surface area (Å²) in [6, 6.07) is 6.10. The van der Waals surface area contributed by atoms with E-state index in [4.69, 9.17) is 14.5 Å². The molecule has 4 heterocycles. The first-order valence-corrected chi connectivity index (χ1v) is 10.8. The minimum Gasteiger partial charge on any atom is -0.496 e. The number of aryl methyl sites for hydroxylation is 1. The van der Waals surface area contributed by atoms with Gasteiger partial charge in [0.1, 0.15) is 5.75 Å². The highest BCUT2D eigenvalue weighted by molar-refractivity contribution is 5.98. The Labute approximate surface area is 187 Å². The molecule has 5 rings (SSSR count). The number of pyridine rings is 1. The van der Waals surface area contributed by atoms with Gasteiger partial charge in [0.15, 0.2) is 5.65 Å². The first-order chi connectivity index (χ1) is 15.5. The van der Waals surface area contributed by atoms with Crippen molar-refractivity contribution >= 4 is 22.2 Å². The molecular formula is C24H28N6O2. The highest BCUT2D eigenvalue weighted by atomic mass is 16.5. The van der Waals surface area contributed by atoms with Crippen molar-refractivity contribution in [3.63, 3.8) is 0 Å². The molecule has 0 N–H and O–H groups in total. The van der Waals surface area contributed by atoms with Crippen LogP contribution in [0.1, 0.15) is 5.56 Å². The van der Waals surface area contributed by atoms with Crippen LogP contribution in [-0.2, 0) is 4.74 Å². The first kappa shape index (κ1) is 20.7. The maximum atomic E-state index is 5.92. The smallest absolute Gasteiger partial charge is 0.162 e. The molecule has 0 radical (unpaired) electrons. The number of fused-ring (bicyclic) bond motifs is 2. The Balaban J connectivity index is 1.40. The Bertz CT molecular complexity index is 1260. The molecule has 1 aliphatic rings.